The first-order chi connectivity index (χ1) is 32.7. The van der Waals surface area contributed by atoms with Gasteiger partial charge in [-0.2, -0.15) is 0 Å². The quantitative estimate of drug-likeness (QED) is 0.149. The van der Waals surface area contributed by atoms with E-state index in [4.69, 9.17) is 28.4 Å². The molecule has 5 rings (SSSR count). The lowest BCUT2D eigenvalue weighted by atomic mass is 9.75. The molecule has 0 aromatic heterocycles. The summed E-state index contributed by atoms with van der Waals surface area (Å²) in [5.41, 5.74) is -5.57. The summed E-state index contributed by atoms with van der Waals surface area (Å²) < 4.78 is 39.1. The highest BCUT2D eigenvalue weighted by molar-refractivity contribution is 5.91. The van der Waals surface area contributed by atoms with Crippen LogP contribution in [0.3, 0.4) is 0 Å². The predicted molar refractivity (Wildman–Crippen MR) is 266 cm³/mol. The van der Waals surface area contributed by atoms with Crippen LogP contribution in [0.2, 0.25) is 0 Å². The van der Waals surface area contributed by atoms with Crippen LogP contribution in [0.5, 0.6) is 0 Å². The number of rotatable bonds is 12. The summed E-state index contributed by atoms with van der Waals surface area (Å²) in [7, 11) is 6.97. The van der Waals surface area contributed by atoms with E-state index in [9.17, 15) is 35.1 Å². The lowest BCUT2D eigenvalue weighted by Crippen LogP contribution is -2.70. The number of ether oxygens (including phenoxy) is 6. The number of carbonyl (C=O) groups excluding carboxylic acids is 2. The summed E-state index contributed by atoms with van der Waals surface area (Å²) in [5, 5.41) is 67.7. The zero-order valence-electron chi connectivity index (χ0n) is 44.7. The van der Waals surface area contributed by atoms with Gasteiger partial charge in [0.15, 0.2) is 12.6 Å². The van der Waals surface area contributed by atoms with Crippen LogP contribution in [-0.2, 0) is 33.2 Å². The second-order valence-electron chi connectivity index (χ2n) is 22.2. The number of amides is 2. The molecule has 70 heavy (non-hydrogen) atoms. The van der Waals surface area contributed by atoms with Gasteiger partial charge in [0.05, 0.1) is 42.0 Å². The molecule has 0 radical (unpaired) electrons. The summed E-state index contributed by atoms with van der Waals surface area (Å²) >= 11 is 0. The van der Waals surface area contributed by atoms with Gasteiger partial charge in [0, 0.05) is 51.8 Å². The van der Waals surface area contributed by atoms with Gasteiger partial charge in [0.1, 0.15) is 35.1 Å². The first-order valence-electron chi connectivity index (χ1n) is 25.8. The Hall–Kier alpha value is -2.56. The minimum Gasteiger partial charge on any atom is -0.459 e. The normalized spacial score (nSPS) is 42.3. The molecule has 18 nitrogen and oxygen atoms in total. The van der Waals surface area contributed by atoms with Crippen molar-refractivity contribution in [2.75, 3.05) is 65.9 Å². The zero-order valence-corrected chi connectivity index (χ0v) is 44.7. The number of hydrogen-bond acceptors (Lipinski definition) is 16. The molecule has 2 amide bonds. The van der Waals surface area contributed by atoms with Crippen molar-refractivity contribution >= 4 is 17.7 Å². The molecular weight excluding hydrogens is 903 g/mol. The molecule has 4 heterocycles. The highest BCUT2D eigenvalue weighted by atomic mass is 16.7. The van der Waals surface area contributed by atoms with Crippen LogP contribution in [0.15, 0.2) is 30.3 Å². The van der Waals surface area contributed by atoms with Crippen molar-refractivity contribution in [3.8, 4) is 0 Å². The largest absolute Gasteiger partial charge is 0.459 e. The fourth-order valence-corrected chi connectivity index (χ4v) is 11.5. The van der Waals surface area contributed by atoms with Gasteiger partial charge in [-0.25, -0.2) is 4.79 Å². The molecule has 0 unspecified atom stereocenters. The molecule has 18 atom stereocenters. The van der Waals surface area contributed by atoms with Crippen molar-refractivity contribution in [3.63, 3.8) is 0 Å². The second kappa shape index (κ2) is 24.2. The smallest absolute Gasteiger partial charge is 0.324 e. The van der Waals surface area contributed by atoms with Crippen molar-refractivity contribution < 1.29 is 63.5 Å². The monoisotopic (exact) mass is 994 g/mol. The number of aliphatic hydroxyl groups is 5. The number of anilines is 1. The molecule has 4 aliphatic rings. The number of carbonyl (C=O) groups is 2. The van der Waals surface area contributed by atoms with Crippen LogP contribution >= 0.6 is 0 Å². The third-order valence-corrected chi connectivity index (χ3v) is 16.4. The predicted octanol–water partition coefficient (Wildman–Crippen LogP) is 3.49. The second-order valence-corrected chi connectivity index (χ2v) is 22.2. The van der Waals surface area contributed by atoms with Crippen molar-refractivity contribution in [2.24, 2.45) is 23.7 Å². The van der Waals surface area contributed by atoms with Gasteiger partial charge in [-0.1, -0.05) is 39.0 Å². The summed E-state index contributed by atoms with van der Waals surface area (Å²) in [5.74, 6) is -2.50. The minimum absolute atomic E-state index is 0.0493. The van der Waals surface area contributed by atoms with E-state index >= 15 is 0 Å². The van der Waals surface area contributed by atoms with E-state index in [-0.39, 0.29) is 37.8 Å². The molecule has 18 heteroatoms. The summed E-state index contributed by atoms with van der Waals surface area (Å²) in [6, 6.07) is 7.43. The summed E-state index contributed by atoms with van der Waals surface area (Å²) in [4.78, 5) is 33.9. The third-order valence-electron chi connectivity index (χ3n) is 16.4. The number of benzene rings is 1. The molecule has 7 N–H and O–H groups in total. The molecular formula is C52H91N5O13. The van der Waals surface area contributed by atoms with Gasteiger partial charge >= 0.3 is 12.0 Å². The molecule has 0 bridgehead atoms. The van der Waals surface area contributed by atoms with Gasteiger partial charge in [-0.3, -0.25) is 9.69 Å². The Labute approximate surface area is 418 Å². The standard InChI is InChI=1S/C52H91N5O13/c1-15-40-51(10,63)44(59)35(6)54-28-31(2)26-49(8,62)45(70-47-42(58)39(25-32(3)66-47)57(13)48(61)56(12)38-19-17-16-18-20-38)33(4)43(34(5)46(60)68-40)69-41-27-50(9,65-14)52(64,36(7)67-41)30-53-29-37-21-23-55(11)24-22-37/h16-20,31-37,39-45,47,53-54,58-59,62-64H,15,21-30H2,1-14H3/t31-,32-,33+,34-,35-,36+,39+,40-,41+,42-,43+,44-,45-,47+,49-,50-,51-,52+/m1/s1. The molecule has 4 saturated heterocycles. The SMILES string of the molecule is CC[C@H]1OC(=O)[C@H](C)[C@@H](O[C@H]2C[C@@](C)(OC)[C@](O)(CNCC3CCN(C)CC3)[C@H](C)O2)[C@H](C)[C@@H](O[C@@H]2O[C@H](C)C[C@H](N(C)C(=O)N(C)c3ccccc3)[C@H]2O)[C@](C)(O)C[C@@H](C)CN[C@H](C)[C@@H](O)[C@]1(C)O. The third kappa shape index (κ3) is 13.2. The van der Waals surface area contributed by atoms with Crippen molar-refractivity contribution in [2.45, 2.75) is 198 Å². The number of aliphatic hydroxyl groups excluding tert-OH is 2. The topological polar surface area (TPSA) is 224 Å². The van der Waals surface area contributed by atoms with E-state index in [2.05, 4.69) is 22.6 Å². The van der Waals surface area contributed by atoms with E-state index in [0.717, 1.165) is 32.5 Å². The zero-order chi connectivity index (χ0) is 52.1. The summed E-state index contributed by atoms with van der Waals surface area (Å²) in [6.07, 6.45) is -7.13. The van der Waals surface area contributed by atoms with E-state index in [1.165, 1.54) is 16.7 Å². The fourth-order valence-electron chi connectivity index (χ4n) is 11.5. The Morgan fingerprint density at radius 2 is 1.60 bits per heavy atom. The van der Waals surface area contributed by atoms with Crippen molar-refractivity contribution in [1.82, 2.24) is 20.4 Å². The van der Waals surface area contributed by atoms with E-state index in [1.54, 1.807) is 62.7 Å². The Balaban J connectivity index is 1.51. The number of piperidine rings is 1. The van der Waals surface area contributed by atoms with E-state index in [0.29, 0.717) is 24.6 Å². The van der Waals surface area contributed by atoms with E-state index in [1.807, 2.05) is 51.1 Å². The Morgan fingerprint density at radius 1 is 0.957 bits per heavy atom. The number of methoxy groups -OCH3 is 1. The first-order valence-corrected chi connectivity index (χ1v) is 25.8. The average molecular weight is 994 g/mol. The first kappa shape index (κ1) is 58.3. The van der Waals surface area contributed by atoms with Crippen molar-refractivity contribution in [3.05, 3.63) is 30.3 Å². The molecule has 0 saturated carbocycles. The highest BCUT2D eigenvalue weighted by Crippen LogP contribution is 2.43. The van der Waals surface area contributed by atoms with Crippen LogP contribution in [0.25, 0.3) is 0 Å². The number of para-hydroxylation sites is 1. The Morgan fingerprint density at radius 3 is 2.21 bits per heavy atom. The van der Waals surface area contributed by atoms with E-state index < -0.39 is 108 Å². The maximum atomic E-state index is 14.6. The number of urea groups is 1. The maximum absolute atomic E-state index is 14.6. The molecule has 402 valence electrons. The number of nitrogens with one attached hydrogen (secondary N) is 2. The Kier molecular flexibility index (Phi) is 20.2. The van der Waals surface area contributed by atoms with Gasteiger partial charge < -0.3 is 74.4 Å². The van der Waals surface area contributed by atoms with Gasteiger partial charge in [0.25, 0.3) is 0 Å². The van der Waals surface area contributed by atoms with Crippen LogP contribution in [0.4, 0.5) is 10.5 Å². The van der Waals surface area contributed by atoms with Gasteiger partial charge in [0.2, 0.25) is 0 Å². The molecule has 4 fully saturated rings. The van der Waals surface area contributed by atoms with Crippen LogP contribution in [0.1, 0.15) is 108 Å². The number of hydrogen-bond donors (Lipinski definition) is 7. The average Bonchev–Trinajstić information content (AvgIpc) is 3.32. The molecule has 0 aliphatic carbocycles. The van der Waals surface area contributed by atoms with Crippen LogP contribution in [-0.4, -0.2) is 198 Å². The lowest BCUT2D eigenvalue weighted by Gasteiger charge is -2.54. The molecule has 1 aromatic carbocycles. The van der Waals surface area contributed by atoms with Crippen LogP contribution < -0.4 is 15.5 Å². The van der Waals surface area contributed by atoms with Crippen LogP contribution in [0, 0.1) is 23.7 Å². The van der Waals surface area contributed by atoms with Gasteiger partial charge in [-0.15, -0.1) is 0 Å². The minimum atomic E-state index is -1.86. The van der Waals surface area contributed by atoms with Crippen molar-refractivity contribution in [1.29, 1.82) is 0 Å². The number of likely N-dealkylation sites (tertiary alicyclic amines) is 1. The highest BCUT2D eigenvalue weighted by Gasteiger charge is 2.58. The number of cyclic esters (lactones) is 1. The summed E-state index contributed by atoms with van der Waals surface area (Å²) in [6.45, 7) is 20.7. The Bertz CT molecular complexity index is 1810. The fraction of sp³-hybridized carbons (Fsp3) is 0.846. The lowest BCUT2D eigenvalue weighted by molar-refractivity contribution is -0.336. The maximum Gasteiger partial charge on any atom is 0.324 e. The molecule has 4 aliphatic heterocycles. The number of esters is 1. The van der Waals surface area contributed by atoms with Gasteiger partial charge in [-0.05, 0) is 138 Å². The number of nitrogens with zero attached hydrogens (tertiary/aromatic N) is 3. The molecule has 1 aromatic rings. The number of likely N-dealkylation sites (N-methyl/N-ethyl adjacent to an activating group) is 1. The molecule has 0 spiro atoms.